The van der Waals surface area contributed by atoms with E-state index >= 15 is 0 Å². The number of hydrogen-bond acceptors (Lipinski definition) is 4. The van der Waals surface area contributed by atoms with Gasteiger partial charge in [-0.15, -0.1) is 0 Å². The van der Waals surface area contributed by atoms with Crippen molar-refractivity contribution in [3.8, 4) is 78.7 Å². The summed E-state index contributed by atoms with van der Waals surface area (Å²) in [5.74, 6) is 0.679. The van der Waals surface area contributed by atoms with Crippen LogP contribution in [0.15, 0.2) is 234 Å². The molecule has 0 bridgehead atoms. The number of fused-ring (bicyclic) bond motifs is 9. The van der Waals surface area contributed by atoms with E-state index in [-0.39, 0.29) is 0 Å². The van der Waals surface area contributed by atoms with Crippen LogP contribution in [0.3, 0.4) is 0 Å². The zero-order valence-corrected chi connectivity index (χ0v) is 34.4. The molecule has 0 N–H and O–H groups in total. The maximum Gasteiger partial charge on any atom is 0.160 e. The van der Waals surface area contributed by atoms with Crippen LogP contribution in [0, 0.1) is 0 Å². The molecule has 3 nitrogen and oxygen atoms in total. The van der Waals surface area contributed by atoms with Crippen molar-refractivity contribution >= 4 is 11.8 Å². The Balaban J connectivity index is 1.09. The summed E-state index contributed by atoms with van der Waals surface area (Å²) in [6.07, 6.45) is 0. The normalized spacial score (nSPS) is 12.9. The number of rotatable bonds is 6. The quantitative estimate of drug-likeness (QED) is 0.168. The van der Waals surface area contributed by atoms with Crippen LogP contribution in [0.1, 0.15) is 22.3 Å². The second-order valence-electron chi connectivity index (χ2n) is 15.8. The van der Waals surface area contributed by atoms with Gasteiger partial charge in [0.05, 0.1) is 28.2 Å². The number of hydrogen-bond donors (Lipinski definition) is 0. The zero-order valence-electron chi connectivity index (χ0n) is 33.6. The molecule has 12 rings (SSSR count). The van der Waals surface area contributed by atoms with Gasteiger partial charge in [0.25, 0.3) is 0 Å². The number of nitrogens with zero attached hydrogens (tertiary/aromatic N) is 3. The summed E-state index contributed by atoms with van der Waals surface area (Å²) in [7, 11) is 0. The first kappa shape index (κ1) is 36.2. The maximum atomic E-state index is 5.44. The van der Waals surface area contributed by atoms with Crippen molar-refractivity contribution in [2.45, 2.75) is 15.2 Å². The standard InChI is InChI=1S/C58H37N3S/c1-4-19-38(20-5-1)51-36-35-45(55(59-51)39-21-6-2-7-22-39)41-25-10-11-28-44(41)52-37-53(61-57(60-52)40-23-8-3-9-24-40)46-29-18-33-50-56(46)62-54-34-17-16-32-49(54)58(50)47-30-14-12-26-42(47)43-27-13-15-31-48(43)58/h1-37H. The third-order valence-corrected chi connectivity index (χ3v) is 13.6. The molecule has 2 aliphatic rings. The van der Waals surface area contributed by atoms with E-state index in [4.69, 9.17) is 15.0 Å². The molecule has 0 amide bonds. The predicted molar refractivity (Wildman–Crippen MR) is 254 cm³/mol. The van der Waals surface area contributed by atoms with Gasteiger partial charge in [-0.05, 0) is 63.2 Å². The van der Waals surface area contributed by atoms with E-state index in [1.54, 1.807) is 0 Å². The van der Waals surface area contributed by atoms with E-state index < -0.39 is 5.41 Å². The summed E-state index contributed by atoms with van der Waals surface area (Å²) in [4.78, 5) is 18.7. The molecule has 0 unspecified atom stereocenters. The summed E-state index contributed by atoms with van der Waals surface area (Å²) >= 11 is 1.85. The van der Waals surface area contributed by atoms with E-state index in [1.807, 2.05) is 23.9 Å². The van der Waals surface area contributed by atoms with Crippen molar-refractivity contribution in [2.75, 3.05) is 0 Å². The lowest BCUT2D eigenvalue weighted by Gasteiger charge is -2.40. The Labute approximate surface area is 365 Å². The molecule has 1 aliphatic heterocycles. The second-order valence-corrected chi connectivity index (χ2v) is 16.9. The Hall–Kier alpha value is -7.66. The average molecular weight is 808 g/mol. The topological polar surface area (TPSA) is 38.7 Å². The fraction of sp³-hybridized carbons (Fsp3) is 0.0172. The lowest BCUT2D eigenvalue weighted by molar-refractivity contribution is 0.723. The van der Waals surface area contributed by atoms with Crippen LogP contribution in [0.25, 0.3) is 78.7 Å². The minimum Gasteiger partial charge on any atom is -0.247 e. The minimum atomic E-state index is -0.488. The van der Waals surface area contributed by atoms with E-state index in [2.05, 4.69) is 212 Å². The second kappa shape index (κ2) is 14.8. The van der Waals surface area contributed by atoms with Gasteiger partial charge >= 0.3 is 0 Å². The average Bonchev–Trinajstić information content (AvgIpc) is 3.65. The van der Waals surface area contributed by atoms with Crippen LogP contribution >= 0.6 is 11.8 Å². The fourth-order valence-corrected chi connectivity index (χ4v) is 11.0. The molecular weight excluding hydrogens is 771 g/mol. The van der Waals surface area contributed by atoms with E-state index in [9.17, 15) is 0 Å². The summed E-state index contributed by atoms with van der Waals surface area (Å²) < 4.78 is 0. The third kappa shape index (κ3) is 5.72. The Morgan fingerprint density at radius 2 is 0.806 bits per heavy atom. The van der Waals surface area contributed by atoms with Gasteiger partial charge in [0.2, 0.25) is 0 Å². The Bertz CT molecular complexity index is 3280. The molecule has 0 saturated heterocycles. The highest BCUT2D eigenvalue weighted by atomic mass is 32.2. The van der Waals surface area contributed by atoms with Crippen LogP contribution in [-0.4, -0.2) is 15.0 Å². The van der Waals surface area contributed by atoms with E-state index in [0.29, 0.717) is 5.82 Å². The minimum absolute atomic E-state index is 0.488. The first-order valence-electron chi connectivity index (χ1n) is 21.0. The van der Waals surface area contributed by atoms with Crippen LogP contribution in [0.4, 0.5) is 0 Å². The number of benzene rings is 8. The van der Waals surface area contributed by atoms with Crippen molar-refractivity contribution < 1.29 is 0 Å². The van der Waals surface area contributed by atoms with Crippen LogP contribution in [0.2, 0.25) is 0 Å². The molecule has 8 aromatic carbocycles. The highest BCUT2D eigenvalue weighted by molar-refractivity contribution is 7.99. The van der Waals surface area contributed by atoms with Gasteiger partial charge < -0.3 is 0 Å². The first-order valence-corrected chi connectivity index (χ1v) is 21.8. The molecule has 62 heavy (non-hydrogen) atoms. The molecule has 0 saturated carbocycles. The molecule has 0 atom stereocenters. The van der Waals surface area contributed by atoms with Crippen molar-refractivity contribution in [3.63, 3.8) is 0 Å². The maximum absolute atomic E-state index is 5.44. The smallest absolute Gasteiger partial charge is 0.160 e. The van der Waals surface area contributed by atoms with Gasteiger partial charge in [-0.25, -0.2) is 15.0 Å². The molecule has 1 aliphatic carbocycles. The molecular formula is C58H37N3S. The summed E-state index contributed by atoms with van der Waals surface area (Å²) in [6, 6.07) is 80.1. The van der Waals surface area contributed by atoms with Gasteiger partial charge in [0.15, 0.2) is 5.82 Å². The van der Waals surface area contributed by atoms with Crippen LogP contribution in [0.5, 0.6) is 0 Å². The molecule has 1 spiro atoms. The van der Waals surface area contributed by atoms with Crippen molar-refractivity contribution in [3.05, 3.63) is 247 Å². The fourth-order valence-electron chi connectivity index (χ4n) is 9.72. The molecule has 2 aromatic heterocycles. The number of aromatic nitrogens is 3. The summed E-state index contributed by atoms with van der Waals surface area (Å²) in [6.45, 7) is 0. The molecule has 0 fully saturated rings. The molecule has 4 heteroatoms. The first-order chi connectivity index (χ1) is 30.8. The van der Waals surface area contributed by atoms with Gasteiger partial charge in [0.1, 0.15) is 0 Å². The molecule has 290 valence electrons. The Morgan fingerprint density at radius 1 is 0.306 bits per heavy atom. The largest absolute Gasteiger partial charge is 0.247 e. The molecule has 3 heterocycles. The SMILES string of the molecule is c1ccc(-c2ccc(-c3ccccc3-c3cc(-c4cccc5c4Sc4ccccc4C54c5ccccc5-c5ccccc54)nc(-c4ccccc4)n3)c(-c3ccccc3)n2)cc1. The van der Waals surface area contributed by atoms with E-state index in [1.165, 1.54) is 43.2 Å². The number of pyridine rings is 1. The highest BCUT2D eigenvalue weighted by Crippen LogP contribution is 2.63. The van der Waals surface area contributed by atoms with Gasteiger partial charge in [0, 0.05) is 43.2 Å². The monoisotopic (exact) mass is 807 g/mol. The van der Waals surface area contributed by atoms with Gasteiger partial charge in [-0.2, -0.15) is 0 Å². The molecule has 10 aromatic rings. The molecule has 0 radical (unpaired) electrons. The van der Waals surface area contributed by atoms with Crippen molar-refractivity contribution in [1.82, 2.24) is 15.0 Å². The Morgan fingerprint density at radius 3 is 1.48 bits per heavy atom. The Kier molecular flexibility index (Phi) is 8.65. The predicted octanol–water partition coefficient (Wildman–Crippen LogP) is 14.7. The van der Waals surface area contributed by atoms with Gasteiger partial charge in [-0.1, -0.05) is 212 Å². The van der Waals surface area contributed by atoms with E-state index in [0.717, 1.165) is 61.7 Å². The lowest BCUT2D eigenvalue weighted by Crippen LogP contribution is -2.32. The third-order valence-electron chi connectivity index (χ3n) is 12.4. The highest BCUT2D eigenvalue weighted by Gasteiger charge is 2.50. The summed E-state index contributed by atoms with van der Waals surface area (Å²) in [5.41, 5.74) is 18.2. The van der Waals surface area contributed by atoms with Crippen molar-refractivity contribution in [1.29, 1.82) is 0 Å². The van der Waals surface area contributed by atoms with Crippen LogP contribution in [-0.2, 0) is 5.41 Å². The summed E-state index contributed by atoms with van der Waals surface area (Å²) in [5, 5.41) is 0. The lowest BCUT2D eigenvalue weighted by atomic mass is 9.67. The van der Waals surface area contributed by atoms with Crippen molar-refractivity contribution in [2.24, 2.45) is 0 Å². The van der Waals surface area contributed by atoms with Crippen LogP contribution < -0.4 is 0 Å². The zero-order chi connectivity index (χ0) is 41.0. The van der Waals surface area contributed by atoms with Gasteiger partial charge in [-0.3, -0.25) is 0 Å².